The van der Waals surface area contributed by atoms with Gasteiger partial charge in [-0.3, -0.25) is 0 Å². The van der Waals surface area contributed by atoms with Gasteiger partial charge in [-0.05, 0) is 42.5 Å². The Labute approximate surface area is 133 Å². The Morgan fingerprint density at radius 3 is 2.50 bits per heavy atom. The first-order valence-corrected chi connectivity index (χ1v) is 8.13. The van der Waals surface area contributed by atoms with E-state index in [2.05, 4.69) is 11.4 Å². The molecule has 2 rings (SSSR count). The molecule has 5 heteroatoms. The lowest BCUT2D eigenvalue weighted by atomic mass is 9.98. The highest BCUT2D eigenvalue weighted by Crippen LogP contribution is 2.35. The summed E-state index contributed by atoms with van der Waals surface area (Å²) in [5.41, 5.74) is 6.96. The number of hydrogen-bond donors (Lipinski definition) is 1. The van der Waals surface area contributed by atoms with Crippen LogP contribution in [0.4, 0.5) is 0 Å². The molecule has 0 radical (unpaired) electrons. The quantitative estimate of drug-likeness (QED) is 0.830. The predicted molar refractivity (Wildman–Crippen MR) is 87.4 cm³/mol. The fraction of sp³-hybridized carbons (Fsp3) is 0.333. The Hall–Kier alpha value is -0.740. The van der Waals surface area contributed by atoms with Crippen molar-refractivity contribution < 1.29 is 4.74 Å². The highest BCUT2D eigenvalue weighted by molar-refractivity contribution is 7.10. The fourth-order valence-electron chi connectivity index (χ4n) is 2.12. The minimum absolute atomic E-state index is 0.292. The van der Waals surface area contributed by atoms with Crippen molar-refractivity contribution in [2.45, 2.75) is 19.3 Å². The van der Waals surface area contributed by atoms with E-state index in [0.29, 0.717) is 34.9 Å². The summed E-state index contributed by atoms with van der Waals surface area (Å²) in [5, 5.41) is 3.17. The number of rotatable bonds is 6. The van der Waals surface area contributed by atoms with Gasteiger partial charge in [0.15, 0.2) is 5.75 Å². The van der Waals surface area contributed by atoms with Crippen LogP contribution >= 0.6 is 34.5 Å². The maximum Gasteiger partial charge on any atom is 0.156 e. The van der Waals surface area contributed by atoms with Crippen LogP contribution in [0.3, 0.4) is 0 Å². The van der Waals surface area contributed by atoms with Crippen LogP contribution in [0, 0.1) is 0 Å². The number of benzene rings is 1. The molecule has 1 aromatic heterocycles. The average molecular weight is 330 g/mol. The second-order valence-corrected chi connectivity index (χ2v) is 6.27. The third kappa shape index (κ3) is 3.67. The Bertz CT molecular complexity index is 534. The van der Waals surface area contributed by atoms with Gasteiger partial charge in [-0.25, -0.2) is 0 Å². The van der Waals surface area contributed by atoms with Gasteiger partial charge < -0.3 is 10.5 Å². The Morgan fingerprint density at radius 2 is 2.00 bits per heavy atom. The molecule has 1 atom stereocenters. The number of thiophene rings is 1. The van der Waals surface area contributed by atoms with Crippen LogP contribution in [0.5, 0.6) is 5.75 Å². The lowest BCUT2D eigenvalue weighted by Crippen LogP contribution is -2.14. The van der Waals surface area contributed by atoms with Gasteiger partial charge in [0.2, 0.25) is 0 Å². The molecule has 0 aliphatic rings. The van der Waals surface area contributed by atoms with Gasteiger partial charge in [0.1, 0.15) is 0 Å². The molecule has 0 aliphatic carbocycles. The molecular formula is C15H17Cl2NOS. The second kappa shape index (κ2) is 7.32. The van der Waals surface area contributed by atoms with Gasteiger partial charge in [-0.15, -0.1) is 11.3 Å². The minimum atomic E-state index is 0.292. The molecule has 0 spiro atoms. The summed E-state index contributed by atoms with van der Waals surface area (Å²) in [6, 6.07) is 7.98. The van der Waals surface area contributed by atoms with Crippen molar-refractivity contribution in [3.8, 4) is 5.75 Å². The average Bonchev–Trinajstić information content (AvgIpc) is 2.94. The van der Waals surface area contributed by atoms with E-state index in [1.54, 1.807) is 11.3 Å². The monoisotopic (exact) mass is 329 g/mol. The molecule has 20 heavy (non-hydrogen) atoms. The highest BCUT2D eigenvalue weighted by atomic mass is 35.5. The van der Waals surface area contributed by atoms with Gasteiger partial charge in [-0.1, -0.05) is 29.3 Å². The van der Waals surface area contributed by atoms with Crippen molar-refractivity contribution in [3.63, 3.8) is 0 Å². The summed E-state index contributed by atoms with van der Waals surface area (Å²) >= 11 is 14.2. The van der Waals surface area contributed by atoms with Crippen molar-refractivity contribution in [2.75, 3.05) is 13.2 Å². The number of halogens is 2. The zero-order valence-electron chi connectivity index (χ0n) is 11.2. The Balaban J connectivity index is 2.21. The minimum Gasteiger partial charge on any atom is -0.491 e. The topological polar surface area (TPSA) is 35.2 Å². The van der Waals surface area contributed by atoms with E-state index in [4.69, 9.17) is 33.7 Å². The highest BCUT2D eigenvalue weighted by Gasteiger charge is 2.15. The maximum absolute atomic E-state index is 6.23. The van der Waals surface area contributed by atoms with Gasteiger partial charge in [0.25, 0.3) is 0 Å². The lowest BCUT2D eigenvalue weighted by molar-refractivity contribution is 0.340. The van der Waals surface area contributed by atoms with Gasteiger partial charge >= 0.3 is 0 Å². The van der Waals surface area contributed by atoms with E-state index in [0.717, 1.165) is 12.0 Å². The number of ether oxygens (including phenoxy) is 1. The first kappa shape index (κ1) is 15.6. The first-order valence-electron chi connectivity index (χ1n) is 6.49. The fourth-order valence-corrected chi connectivity index (χ4v) is 3.61. The van der Waals surface area contributed by atoms with Crippen LogP contribution in [-0.2, 0) is 6.42 Å². The molecule has 0 saturated heterocycles. The summed E-state index contributed by atoms with van der Waals surface area (Å²) in [6.07, 6.45) is 0.822. The molecule has 2 N–H and O–H groups in total. The Kier molecular flexibility index (Phi) is 5.73. The predicted octanol–water partition coefficient (Wildman–Crippen LogP) is 4.74. The number of hydrogen-bond acceptors (Lipinski definition) is 3. The molecule has 1 unspecified atom stereocenters. The van der Waals surface area contributed by atoms with E-state index < -0.39 is 0 Å². The second-order valence-electron chi connectivity index (χ2n) is 4.47. The summed E-state index contributed by atoms with van der Waals surface area (Å²) in [6.45, 7) is 3.05. The van der Waals surface area contributed by atoms with Gasteiger partial charge in [-0.2, -0.15) is 0 Å². The van der Waals surface area contributed by atoms with Gasteiger partial charge in [0, 0.05) is 17.3 Å². The molecule has 2 nitrogen and oxygen atoms in total. The van der Waals surface area contributed by atoms with Gasteiger partial charge in [0.05, 0.1) is 16.7 Å². The van der Waals surface area contributed by atoms with Crippen LogP contribution in [0.2, 0.25) is 10.0 Å². The molecule has 0 saturated carbocycles. The van der Waals surface area contributed by atoms with Crippen LogP contribution in [0.1, 0.15) is 23.3 Å². The van der Waals surface area contributed by atoms with Crippen molar-refractivity contribution in [1.82, 2.24) is 0 Å². The van der Waals surface area contributed by atoms with Crippen LogP contribution < -0.4 is 10.5 Å². The van der Waals surface area contributed by atoms with Crippen LogP contribution in [0.25, 0.3) is 0 Å². The third-order valence-electron chi connectivity index (χ3n) is 3.06. The molecule has 108 valence electrons. The molecule has 0 amide bonds. The lowest BCUT2D eigenvalue weighted by Gasteiger charge is -2.15. The van der Waals surface area contributed by atoms with E-state index in [1.807, 2.05) is 25.1 Å². The first-order chi connectivity index (χ1) is 9.65. The summed E-state index contributed by atoms with van der Waals surface area (Å²) in [4.78, 5) is 1.29. The molecule has 0 aliphatic heterocycles. The molecular weight excluding hydrogens is 313 g/mol. The SMILES string of the molecule is CCOc1c(Cl)cc(CC(CN)c2cccs2)cc1Cl. The van der Waals surface area contributed by atoms with E-state index in [1.165, 1.54) is 4.88 Å². The standard InChI is InChI=1S/C15H17Cl2NOS/c1-2-19-15-12(16)7-10(8-13(15)17)6-11(9-18)14-4-3-5-20-14/h3-5,7-8,11H,2,6,9,18H2,1H3. The zero-order valence-corrected chi connectivity index (χ0v) is 13.6. The van der Waals surface area contributed by atoms with Crippen molar-refractivity contribution in [2.24, 2.45) is 5.73 Å². The van der Waals surface area contributed by atoms with Crippen molar-refractivity contribution in [3.05, 3.63) is 50.1 Å². The number of nitrogens with two attached hydrogens (primary N) is 1. The maximum atomic E-state index is 6.23. The summed E-state index contributed by atoms with van der Waals surface area (Å²) in [7, 11) is 0. The van der Waals surface area contributed by atoms with Crippen molar-refractivity contribution >= 4 is 34.5 Å². The van der Waals surface area contributed by atoms with E-state index >= 15 is 0 Å². The molecule has 0 fully saturated rings. The smallest absolute Gasteiger partial charge is 0.156 e. The van der Waals surface area contributed by atoms with Crippen LogP contribution in [0.15, 0.2) is 29.6 Å². The van der Waals surface area contributed by atoms with E-state index in [-0.39, 0.29) is 0 Å². The normalized spacial score (nSPS) is 12.4. The molecule has 1 heterocycles. The molecule has 2 aromatic rings. The summed E-state index contributed by atoms with van der Waals surface area (Å²) in [5.74, 6) is 0.847. The zero-order chi connectivity index (χ0) is 14.5. The van der Waals surface area contributed by atoms with Crippen LogP contribution in [-0.4, -0.2) is 13.2 Å². The summed E-state index contributed by atoms with van der Waals surface area (Å²) < 4.78 is 5.44. The van der Waals surface area contributed by atoms with Crippen molar-refractivity contribution in [1.29, 1.82) is 0 Å². The van der Waals surface area contributed by atoms with E-state index in [9.17, 15) is 0 Å². The largest absolute Gasteiger partial charge is 0.491 e. The Morgan fingerprint density at radius 1 is 1.30 bits per heavy atom. The molecule has 0 bridgehead atoms. The third-order valence-corrected chi connectivity index (χ3v) is 4.66. The molecule has 1 aromatic carbocycles.